The number of nitrogens with zero attached hydrogens (tertiary/aromatic N) is 1. The maximum Gasteiger partial charge on any atom is 0.306 e. The molecule has 0 aliphatic rings. The normalized spacial score (nSPS) is 10.3. The Morgan fingerprint density at radius 3 is 2.86 bits per heavy atom. The van der Waals surface area contributed by atoms with Gasteiger partial charge < -0.3 is 10.1 Å². The highest BCUT2D eigenvalue weighted by Crippen LogP contribution is 2.22. The lowest BCUT2D eigenvalue weighted by Gasteiger charge is -2.07. The first-order valence-electron chi connectivity index (χ1n) is 6.33. The van der Waals surface area contributed by atoms with E-state index in [2.05, 4.69) is 10.3 Å². The van der Waals surface area contributed by atoms with E-state index < -0.39 is 11.9 Å². The van der Waals surface area contributed by atoms with Crippen LogP contribution in [-0.2, 0) is 20.7 Å². The summed E-state index contributed by atoms with van der Waals surface area (Å²) in [5.41, 5.74) is 0. The molecule has 0 fully saturated rings. The first-order valence-corrected chi connectivity index (χ1v) is 7.97. The Labute approximate surface area is 141 Å². The molecule has 0 saturated carbocycles. The van der Waals surface area contributed by atoms with Crippen LogP contribution in [0.25, 0.3) is 0 Å². The van der Waals surface area contributed by atoms with Crippen LogP contribution >= 0.6 is 34.5 Å². The second-order valence-corrected chi connectivity index (χ2v) is 6.15. The molecule has 8 heteroatoms. The third kappa shape index (κ3) is 5.29. The number of aromatic nitrogens is 1. The molecular formula is C14H12Cl2N2O3S. The van der Waals surface area contributed by atoms with Crippen LogP contribution < -0.4 is 5.32 Å². The van der Waals surface area contributed by atoms with Crippen LogP contribution in [-0.4, -0.2) is 23.5 Å². The van der Waals surface area contributed by atoms with Crippen molar-refractivity contribution in [2.24, 2.45) is 0 Å². The van der Waals surface area contributed by atoms with Crippen LogP contribution in [0.3, 0.4) is 0 Å². The number of anilines is 1. The largest absolute Gasteiger partial charge is 0.456 e. The number of nitrogens with one attached hydrogen (secondary N) is 1. The van der Waals surface area contributed by atoms with Gasteiger partial charge in [0.15, 0.2) is 12.4 Å². The molecule has 0 atom stereocenters. The number of thiophene rings is 1. The van der Waals surface area contributed by atoms with Crippen molar-refractivity contribution in [3.05, 3.63) is 44.7 Å². The average molecular weight is 359 g/mol. The number of carbonyl (C=O) groups is 2. The van der Waals surface area contributed by atoms with E-state index in [1.165, 1.54) is 12.3 Å². The number of hydrogen-bond donors (Lipinski definition) is 1. The highest BCUT2D eigenvalue weighted by Gasteiger charge is 2.11. The predicted molar refractivity (Wildman–Crippen MR) is 86.5 cm³/mol. The van der Waals surface area contributed by atoms with Gasteiger partial charge >= 0.3 is 5.97 Å². The summed E-state index contributed by atoms with van der Waals surface area (Å²) in [6.07, 6.45) is 2.19. The van der Waals surface area contributed by atoms with Gasteiger partial charge in [-0.25, -0.2) is 4.98 Å². The van der Waals surface area contributed by atoms with E-state index >= 15 is 0 Å². The zero-order chi connectivity index (χ0) is 15.9. The van der Waals surface area contributed by atoms with Gasteiger partial charge in [-0.1, -0.05) is 29.3 Å². The van der Waals surface area contributed by atoms with Gasteiger partial charge in [0.05, 0.1) is 16.5 Å². The maximum atomic E-state index is 11.7. The standard InChI is InChI=1S/C14H12Cl2N2O3S/c15-9-6-11(16)14(17-7-9)18-12(19)8-21-13(20)4-3-10-2-1-5-22-10/h1-2,5-7H,3-4,8H2,(H,17,18,19). The summed E-state index contributed by atoms with van der Waals surface area (Å²) in [5, 5.41) is 4.96. The highest BCUT2D eigenvalue weighted by molar-refractivity contribution is 7.09. The minimum absolute atomic E-state index is 0.172. The Morgan fingerprint density at radius 2 is 2.18 bits per heavy atom. The highest BCUT2D eigenvalue weighted by atomic mass is 35.5. The number of ether oxygens (including phenoxy) is 1. The Hall–Kier alpha value is -1.63. The number of esters is 1. The van der Waals surface area contributed by atoms with Gasteiger partial charge in [-0.15, -0.1) is 11.3 Å². The maximum absolute atomic E-state index is 11.7. The van der Waals surface area contributed by atoms with Gasteiger partial charge in [0.1, 0.15) is 0 Å². The average Bonchev–Trinajstić information content (AvgIpc) is 2.99. The van der Waals surface area contributed by atoms with E-state index in [4.69, 9.17) is 27.9 Å². The first kappa shape index (κ1) is 16.7. The molecule has 0 bridgehead atoms. The van der Waals surface area contributed by atoms with Crippen molar-refractivity contribution in [1.82, 2.24) is 4.98 Å². The molecule has 2 aromatic rings. The summed E-state index contributed by atoms with van der Waals surface area (Å²) in [6.45, 7) is -0.385. The number of aryl methyl sites for hydroxylation is 1. The van der Waals surface area contributed by atoms with Crippen molar-refractivity contribution >= 4 is 52.2 Å². The van der Waals surface area contributed by atoms with E-state index in [1.807, 2.05) is 17.5 Å². The second-order valence-electron chi connectivity index (χ2n) is 4.27. The molecule has 0 aliphatic heterocycles. The number of rotatable bonds is 6. The number of pyridine rings is 1. The van der Waals surface area contributed by atoms with Gasteiger partial charge in [0.25, 0.3) is 5.91 Å². The summed E-state index contributed by atoms with van der Waals surface area (Å²) in [7, 11) is 0. The third-order valence-electron chi connectivity index (χ3n) is 2.59. The van der Waals surface area contributed by atoms with Crippen molar-refractivity contribution in [2.45, 2.75) is 12.8 Å². The Kier molecular flexibility index (Phi) is 6.18. The van der Waals surface area contributed by atoms with Gasteiger partial charge in [0, 0.05) is 11.1 Å². The Bertz CT molecular complexity index is 662. The van der Waals surface area contributed by atoms with Gasteiger partial charge in [-0.3, -0.25) is 9.59 Å². The van der Waals surface area contributed by atoms with Crippen LogP contribution in [0.5, 0.6) is 0 Å². The van der Waals surface area contributed by atoms with Crippen molar-refractivity contribution in [2.75, 3.05) is 11.9 Å². The first-order chi connectivity index (χ1) is 10.5. The van der Waals surface area contributed by atoms with Gasteiger partial charge in [-0.05, 0) is 23.9 Å². The quantitative estimate of drug-likeness (QED) is 0.801. The van der Waals surface area contributed by atoms with Crippen LogP contribution in [0.4, 0.5) is 5.82 Å². The molecule has 0 unspecified atom stereocenters. The summed E-state index contributed by atoms with van der Waals surface area (Å²) >= 11 is 13.2. The molecule has 22 heavy (non-hydrogen) atoms. The monoisotopic (exact) mass is 358 g/mol. The molecule has 2 heterocycles. The lowest BCUT2D eigenvalue weighted by atomic mass is 10.3. The van der Waals surface area contributed by atoms with Gasteiger partial charge in [-0.2, -0.15) is 0 Å². The van der Waals surface area contributed by atoms with Crippen molar-refractivity contribution in [3.63, 3.8) is 0 Å². The van der Waals surface area contributed by atoms with Gasteiger partial charge in [0.2, 0.25) is 0 Å². The summed E-state index contributed by atoms with van der Waals surface area (Å²) < 4.78 is 4.89. The molecule has 2 rings (SSSR count). The zero-order valence-corrected chi connectivity index (χ0v) is 13.7. The summed E-state index contributed by atoms with van der Waals surface area (Å²) in [6, 6.07) is 5.32. The van der Waals surface area contributed by atoms with Crippen LogP contribution in [0.2, 0.25) is 10.0 Å². The summed E-state index contributed by atoms with van der Waals surface area (Å²) in [4.78, 5) is 28.2. The molecule has 0 aliphatic carbocycles. The molecule has 0 aromatic carbocycles. The number of halogens is 2. The van der Waals surface area contributed by atoms with E-state index in [1.54, 1.807) is 11.3 Å². The Morgan fingerprint density at radius 1 is 1.36 bits per heavy atom. The number of amides is 1. The number of hydrogen-bond acceptors (Lipinski definition) is 5. The van der Waals surface area contributed by atoms with E-state index in [0.717, 1.165) is 4.88 Å². The molecule has 2 aromatic heterocycles. The fraction of sp³-hybridized carbons (Fsp3) is 0.214. The molecule has 5 nitrogen and oxygen atoms in total. The van der Waals surface area contributed by atoms with Crippen molar-refractivity contribution in [3.8, 4) is 0 Å². The number of carbonyl (C=O) groups excluding carboxylic acids is 2. The zero-order valence-electron chi connectivity index (χ0n) is 11.3. The predicted octanol–water partition coefficient (Wildman–Crippen LogP) is 3.56. The molecular weight excluding hydrogens is 347 g/mol. The fourth-order valence-corrected chi connectivity index (χ4v) is 2.71. The van der Waals surface area contributed by atoms with Crippen molar-refractivity contribution < 1.29 is 14.3 Å². The molecule has 0 radical (unpaired) electrons. The Balaban J connectivity index is 1.74. The second kappa shape index (κ2) is 8.12. The van der Waals surface area contributed by atoms with Crippen molar-refractivity contribution in [1.29, 1.82) is 0 Å². The fourth-order valence-electron chi connectivity index (χ4n) is 1.57. The van der Waals surface area contributed by atoms with E-state index in [0.29, 0.717) is 11.4 Å². The van der Waals surface area contributed by atoms with Crippen LogP contribution in [0.1, 0.15) is 11.3 Å². The molecule has 1 amide bonds. The summed E-state index contributed by atoms with van der Waals surface area (Å²) in [5.74, 6) is -0.773. The lowest BCUT2D eigenvalue weighted by molar-refractivity contribution is -0.147. The molecule has 1 N–H and O–H groups in total. The molecule has 116 valence electrons. The minimum atomic E-state index is -0.513. The van der Waals surface area contributed by atoms with Crippen LogP contribution in [0.15, 0.2) is 29.8 Å². The SMILES string of the molecule is O=C(COC(=O)CCc1cccs1)Nc1ncc(Cl)cc1Cl. The van der Waals surface area contributed by atoms with E-state index in [9.17, 15) is 9.59 Å². The van der Waals surface area contributed by atoms with Crippen LogP contribution in [0, 0.1) is 0 Å². The molecule has 0 spiro atoms. The third-order valence-corrected chi connectivity index (χ3v) is 4.02. The smallest absolute Gasteiger partial charge is 0.306 e. The topological polar surface area (TPSA) is 68.3 Å². The minimum Gasteiger partial charge on any atom is -0.456 e. The van der Waals surface area contributed by atoms with E-state index in [-0.39, 0.29) is 23.9 Å². The molecule has 0 saturated heterocycles. The lowest BCUT2D eigenvalue weighted by Crippen LogP contribution is -2.21.